The van der Waals surface area contributed by atoms with Crippen LogP contribution in [0.4, 0.5) is 5.69 Å². The van der Waals surface area contributed by atoms with Crippen molar-refractivity contribution in [2.24, 2.45) is 0 Å². The van der Waals surface area contributed by atoms with Crippen LogP contribution in [0.3, 0.4) is 0 Å². The molecule has 41 heavy (non-hydrogen) atoms. The zero-order valence-corrected chi connectivity index (χ0v) is 23.8. The molecule has 0 fully saturated rings. The van der Waals surface area contributed by atoms with Gasteiger partial charge in [-0.1, -0.05) is 54.1 Å². The summed E-state index contributed by atoms with van der Waals surface area (Å²) in [4.78, 5) is 39.9. The summed E-state index contributed by atoms with van der Waals surface area (Å²) in [6.07, 6.45) is 1.64. The Bertz CT molecular complexity index is 1580. The van der Waals surface area contributed by atoms with Crippen LogP contribution >= 0.6 is 11.8 Å². The molecule has 0 spiro atoms. The molecule has 2 amide bonds. The molecule has 0 aliphatic rings. The number of thioether (sulfide) groups is 1. The van der Waals surface area contributed by atoms with Gasteiger partial charge >= 0.3 is 0 Å². The van der Waals surface area contributed by atoms with Gasteiger partial charge in [0, 0.05) is 21.7 Å². The number of carbonyl (C=O) groups is 3. The number of benzene rings is 4. The fourth-order valence-electron chi connectivity index (χ4n) is 3.97. The maximum atomic E-state index is 13.4. The minimum Gasteiger partial charge on any atom is -0.493 e. The Balaban J connectivity index is 1.48. The third kappa shape index (κ3) is 8.09. The summed E-state index contributed by atoms with van der Waals surface area (Å²) in [6.45, 7) is 1.96. The number of amides is 2. The smallest absolute Gasteiger partial charge is 0.272 e. The van der Waals surface area contributed by atoms with Crippen LogP contribution in [-0.4, -0.2) is 37.6 Å². The van der Waals surface area contributed by atoms with Crippen LogP contribution < -0.4 is 20.1 Å². The molecule has 0 saturated heterocycles. The van der Waals surface area contributed by atoms with E-state index in [1.54, 1.807) is 73.8 Å². The number of aryl methyl sites for hydroxylation is 1. The number of nitrogens with one attached hydrogen (secondary N) is 2. The van der Waals surface area contributed by atoms with Gasteiger partial charge in [-0.25, -0.2) is 0 Å². The predicted octanol–water partition coefficient (Wildman–Crippen LogP) is 6.40. The molecule has 4 rings (SSSR count). The number of ether oxygens (including phenoxy) is 2. The molecule has 4 aromatic rings. The second-order valence-corrected chi connectivity index (χ2v) is 10.1. The van der Waals surface area contributed by atoms with Crippen molar-refractivity contribution in [2.45, 2.75) is 11.8 Å². The second-order valence-electron chi connectivity index (χ2n) is 9.06. The Morgan fingerprint density at radius 1 is 0.780 bits per heavy atom. The molecule has 208 valence electrons. The van der Waals surface area contributed by atoms with Crippen LogP contribution in [0, 0.1) is 6.92 Å². The van der Waals surface area contributed by atoms with Gasteiger partial charge in [-0.15, -0.1) is 11.8 Å². The molecule has 8 heteroatoms. The Kier molecular flexibility index (Phi) is 9.96. The van der Waals surface area contributed by atoms with Crippen LogP contribution in [0.2, 0.25) is 0 Å². The maximum absolute atomic E-state index is 13.4. The maximum Gasteiger partial charge on any atom is 0.272 e. The number of ketones is 1. The quantitative estimate of drug-likeness (QED) is 0.124. The molecule has 0 saturated carbocycles. The van der Waals surface area contributed by atoms with Gasteiger partial charge in [0.15, 0.2) is 17.3 Å². The fourth-order valence-corrected chi connectivity index (χ4v) is 4.82. The Hall–Kier alpha value is -4.82. The number of anilines is 1. The van der Waals surface area contributed by atoms with E-state index in [-0.39, 0.29) is 17.2 Å². The lowest BCUT2D eigenvalue weighted by Gasteiger charge is -2.12. The standard InChI is InChI=1S/C33H30N2O5S/c1-22-9-7-10-23(17-22)18-28(35-32(37)24-11-5-4-6-12-24)33(38)34-26-13-8-14-27(20-26)41-21-29(36)25-15-16-30(39-2)31(19-25)40-3/h4-20H,21H2,1-3H3,(H,34,38)(H,35,37)/b28-18-. The number of hydrogen-bond donors (Lipinski definition) is 2. The van der Waals surface area contributed by atoms with E-state index in [2.05, 4.69) is 10.6 Å². The van der Waals surface area contributed by atoms with E-state index in [1.165, 1.54) is 18.9 Å². The zero-order valence-electron chi connectivity index (χ0n) is 23.0. The summed E-state index contributed by atoms with van der Waals surface area (Å²) in [5, 5.41) is 5.62. The second kappa shape index (κ2) is 14.0. The lowest BCUT2D eigenvalue weighted by atomic mass is 10.1. The highest BCUT2D eigenvalue weighted by molar-refractivity contribution is 8.00. The first-order chi connectivity index (χ1) is 19.9. The SMILES string of the molecule is COc1ccc(C(=O)CSc2cccc(NC(=O)/C(=C/c3cccc(C)c3)NC(=O)c3ccccc3)c2)cc1OC. The van der Waals surface area contributed by atoms with Gasteiger partial charge in [0.1, 0.15) is 5.70 Å². The van der Waals surface area contributed by atoms with Gasteiger partial charge < -0.3 is 20.1 Å². The summed E-state index contributed by atoms with van der Waals surface area (Å²) < 4.78 is 10.5. The Labute approximate surface area is 243 Å². The minimum atomic E-state index is -0.473. The summed E-state index contributed by atoms with van der Waals surface area (Å²) >= 11 is 1.35. The number of methoxy groups -OCH3 is 2. The third-order valence-corrected chi connectivity index (χ3v) is 7.04. The van der Waals surface area contributed by atoms with Crippen LogP contribution in [0.1, 0.15) is 31.8 Å². The normalized spacial score (nSPS) is 11.0. The third-order valence-electron chi connectivity index (χ3n) is 6.05. The van der Waals surface area contributed by atoms with E-state index in [1.807, 2.05) is 43.3 Å². The van der Waals surface area contributed by atoms with E-state index >= 15 is 0 Å². The lowest BCUT2D eigenvalue weighted by molar-refractivity contribution is -0.113. The fraction of sp³-hybridized carbons (Fsp3) is 0.121. The molecular formula is C33H30N2O5S. The first-order valence-electron chi connectivity index (χ1n) is 12.8. The summed E-state index contributed by atoms with van der Waals surface area (Å²) in [5.41, 5.74) is 3.39. The van der Waals surface area contributed by atoms with Gasteiger partial charge in [-0.2, -0.15) is 0 Å². The van der Waals surface area contributed by atoms with Crippen LogP contribution in [0.15, 0.2) is 108 Å². The van der Waals surface area contributed by atoms with Crippen LogP contribution in [0.25, 0.3) is 6.08 Å². The number of rotatable bonds is 11. The molecule has 0 unspecified atom stereocenters. The molecule has 2 N–H and O–H groups in total. The molecule has 0 atom stereocenters. The molecule has 0 aromatic heterocycles. The molecule has 0 aliphatic carbocycles. The van der Waals surface area contributed by atoms with Gasteiger partial charge in [0.2, 0.25) is 0 Å². The van der Waals surface area contributed by atoms with E-state index in [0.717, 1.165) is 16.0 Å². The zero-order chi connectivity index (χ0) is 29.2. The Morgan fingerprint density at radius 3 is 2.27 bits per heavy atom. The van der Waals surface area contributed by atoms with Crippen molar-refractivity contribution in [3.63, 3.8) is 0 Å². The topological polar surface area (TPSA) is 93.7 Å². The van der Waals surface area contributed by atoms with E-state index < -0.39 is 11.8 Å². The molecule has 0 heterocycles. The van der Waals surface area contributed by atoms with Crippen LogP contribution in [0.5, 0.6) is 11.5 Å². The molecule has 4 aromatic carbocycles. The Morgan fingerprint density at radius 2 is 1.54 bits per heavy atom. The molecule has 0 radical (unpaired) electrons. The van der Waals surface area contributed by atoms with Gasteiger partial charge in [0.25, 0.3) is 11.8 Å². The van der Waals surface area contributed by atoms with Gasteiger partial charge in [-0.3, -0.25) is 14.4 Å². The first kappa shape index (κ1) is 29.2. The molecule has 0 aliphatic heterocycles. The highest BCUT2D eigenvalue weighted by Crippen LogP contribution is 2.29. The average molecular weight is 567 g/mol. The van der Waals surface area contributed by atoms with E-state index in [9.17, 15) is 14.4 Å². The average Bonchev–Trinajstić information content (AvgIpc) is 2.99. The summed E-state index contributed by atoms with van der Waals surface area (Å²) in [5.74, 6) is 0.297. The molecule has 7 nitrogen and oxygen atoms in total. The predicted molar refractivity (Wildman–Crippen MR) is 163 cm³/mol. The number of carbonyl (C=O) groups excluding carboxylic acids is 3. The lowest BCUT2D eigenvalue weighted by Crippen LogP contribution is -2.30. The number of hydrogen-bond acceptors (Lipinski definition) is 6. The van der Waals surface area contributed by atoms with Crippen molar-refractivity contribution in [3.8, 4) is 11.5 Å². The first-order valence-corrected chi connectivity index (χ1v) is 13.8. The molecule has 0 bridgehead atoms. The minimum absolute atomic E-state index is 0.0719. The van der Waals surface area contributed by atoms with Crippen molar-refractivity contribution < 1.29 is 23.9 Å². The van der Waals surface area contributed by atoms with E-state index in [4.69, 9.17) is 9.47 Å². The van der Waals surface area contributed by atoms with Crippen molar-refractivity contribution in [1.82, 2.24) is 5.32 Å². The van der Waals surface area contributed by atoms with Crippen molar-refractivity contribution in [2.75, 3.05) is 25.3 Å². The highest BCUT2D eigenvalue weighted by Gasteiger charge is 2.16. The van der Waals surface area contributed by atoms with Crippen molar-refractivity contribution in [3.05, 3.63) is 125 Å². The number of Topliss-reactive ketones (excluding diaryl/α,β-unsaturated/α-hetero) is 1. The van der Waals surface area contributed by atoms with Gasteiger partial charge in [0.05, 0.1) is 20.0 Å². The summed E-state index contributed by atoms with van der Waals surface area (Å²) in [6, 6.07) is 28.6. The largest absolute Gasteiger partial charge is 0.493 e. The highest BCUT2D eigenvalue weighted by atomic mass is 32.2. The van der Waals surface area contributed by atoms with Crippen molar-refractivity contribution in [1.29, 1.82) is 0 Å². The molecular weight excluding hydrogens is 536 g/mol. The summed E-state index contributed by atoms with van der Waals surface area (Å²) in [7, 11) is 3.06. The van der Waals surface area contributed by atoms with E-state index in [0.29, 0.717) is 28.3 Å². The monoisotopic (exact) mass is 566 g/mol. The van der Waals surface area contributed by atoms with Crippen molar-refractivity contribution >= 4 is 41.1 Å². The van der Waals surface area contributed by atoms with Gasteiger partial charge in [-0.05, 0) is 67.1 Å². The van der Waals surface area contributed by atoms with Crippen LogP contribution in [-0.2, 0) is 4.79 Å².